The van der Waals surface area contributed by atoms with E-state index in [4.69, 9.17) is 0 Å². The summed E-state index contributed by atoms with van der Waals surface area (Å²) in [7, 11) is 1.48. The van der Waals surface area contributed by atoms with Gasteiger partial charge in [-0.25, -0.2) is 23.8 Å². The van der Waals surface area contributed by atoms with Gasteiger partial charge in [0.15, 0.2) is 5.82 Å². The summed E-state index contributed by atoms with van der Waals surface area (Å²) in [4.78, 5) is 36.5. The third-order valence-corrected chi connectivity index (χ3v) is 5.84. The topological polar surface area (TPSA) is 89.2 Å². The van der Waals surface area contributed by atoms with Crippen molar-refractivity contribution < 1.29 is 4.39 Å². The average Bonchev–Trinajstić information content (AvgIpc) is 2.73. The van der Waals surface area contributed by atoms with E-state index < -0.39 is 5.82 Å². The van der Waals surface area contributed by atoms with Crippen LogP contribution in [0.2, 0.25) is 0 Å². The highest BCUT2D eigenvalue weighted by Gasteiger charge is 2.30. The molecule has 3 heterocycles. The second kappa shape index (κ2) is 7.78. The molecule has 0 spiro atoms. The highest BCUT2D eigenvalue weighted by molar-refractivity contribution is 5.29. The lowest BCUT2D eigenvalue weighted by Crippen LogP contribution is -2.52. The maximum Gasteiger partial charge on any atom is 0.347 e. The van der Waals surface area contributed by atoms with Crippen LogP contribution in [0.1, 0.15) is 31.7 Å². The Bertz CT molecular complexity index is 926. The molecule has 1 aliphatic heterocycles. The molecule has 4 rings (SSSR count). The van der Waals surface area contributed by atoms with Gasteiger partial charge < -0.3 is 4.90 Å². The maximum absolute atomic E-state index is 13.0. The standard InChI is InChI=1S/C18H24FN7O2/c1-23-16(27)12-22-26(18(23)28)15-4-2-14(3-5-15)24-6-8-25(9-7-24)17-20-10-13(19)11-21-17/h10-12,14-15H,2-9H2,1H3. The van der Waals surface area contributed by atoms with Crippen molar-refractivity contribution in [3.05, 3.63) is 45.2 Å². The fourth-order valence-electron chi connectivity index (χ4n) is 4.17. The number of hydrogen-bond acceptors (Lipinski definition) is 7. The van der Waals surface area contributed by atoms with Gasteiger partial charge in [0, 0.05) is 39.3 Å². The highest BCUT2D eigenvalue weighted by atomic mass is 19.1. The first-order valence-electron chi connectivity index (χ1n) is 9.64. The summed E-state index contributed by atoms with van der Waals surface area (Å²) >= 11 is 0. The van der Waals surface area contributed by atoms with Gasteiger partial charge in [0.05, 0.1) is 18.4 Å². The van der Waals surface area contributed by atoms with Crippen LogP contribution >= 0.6 is 0 Å². The van der Waals surface area contributed by atoms with E-state index in [-0.39, 0.29) is 17.3 Å². The number of hydrogen-bond donors (Lipinski definition) is 0. The summed E-state index contributed by atoms with van der Waals surface area (Å²) in [5.74, 6) is 0.149. The number of nitrogens with zero attached hydrogens (tertiary/aromatic N) is 7. The van der Waals surface area contributed by atoms with Crippen molar-refractivity contribution in [1.29, 1.82) is 0 Å². The van der Waals surface area contributed by atoms with Gasteiger partial charge in [-0.05, 0) is 25.7 Å². The summed E-state index contributed by atoms with van der Waals surface area (Å²) < 4.78 is 15.6. The molecule has 1 saturated carbocycles. The average molecular weight is 389 g/mol. The Morgan fingerprint density at radius 1 is 0.929 bits per heavy atom. The maximum atomic E-state index is 13.0. The smallest absolute Gasteiger partial charge is 0.338 e. The van der Waals surface area contributed by atoms with Crippen LogP contribution in [0.5, 0.6) is 0 Å². The summed E-state index contributed by atoms with van der Waals surface area (Å²) in [6, 6.07) is 0.528. The minimum Gasteiger partial charge on any atom is -0.338 e. The number of rotatable bonds is 3. The molecule has 10 heteroatoms. The van der Waals surface area contributed by atoms with E-state index in [0.29, 0.717) is 12.0 Å². The largest absolute Gasteiger partial charge is 0.347 e. The van der Waals surface area contributed by atoms with Gasteiger partial charge in [0.25, 0.3) is 5.56 Å². The molecule has 0 aromatic carbocycles. The number of aromatic nitrogens is 5. The Kier molecular flexibility index (Phi) is 5.21. The predicted octanol–water partition coefficient (Wildman–Crippen LogP) is 0.177. The highest BCUT2D eigenvalue weighted by Crippen LogP contribution is 2.30. The Hall–Kier alpha value is -2.62. The molecule has 0 N–H and O–H groups in total. The van der Waals surface area contributed by atoms with Crippen molar-refractivity contribution in [2.45, 2.75) is 37.8 Å². The molecule has 0 bridgehead atoms. The first-order valence-corrected chi connectivity index (χ1v) is 9.64. The molecule has 1 aliphatic carbocycles. The molecule has 2 aromatic heterocycles. The van der Waals surface area contributed by atoms with E-state index in [1.807, 2.05) is 0 Å². The molecule has 2 fully saturated rings. The number of piperazine rings is 1. The van der Waals surface area contributed by atoms with Gasteiger partial charge in [0.1, 0.15) is 6.20 Å². The second-order valence-corrected chi connectivity index (χ2v) is 7.46. The normalized spacial score (nSPS) is 23.7. The minimum atomic E-state index is -0.425. The fraction of sp³-hybridized carbons (Fsp3) is 0.611. The van der Waals surface area contributed by atoms with E-state index >= 15 is 0 Å². The Balaban J connectivity index is 1.33. The fourth-order valence-corrected chi connectivity index (χ4v) is 4.17. The van der Waals surface area contributed by atoms with Gasteiger partial charge in [-0.1, -0.05) is 0 Å². The zero-order valence-electron chi connectivity index (χ0n) is 15.9. The third kappa shape index (κ3) is 3.68. The molecule has 2 aromatic rings. The van der Waals surface area contributed by atoms with E-state index in [9.17, 15) is 14.0 Å². The Morgan fingerprint density at radius 3 is 2.18 bits per heavy atom. The summed E-state index contributed by atoms with van der Waals surface area (Å²) in [5.41, 5.74) is -0.721. The molecule has 0 amide bonds. The Morgan fingerprint density at radius 2 is 1.54 bits per heavy atom. The molecule has 0 unspecified atom stereocenters. The van der Waals surface area contributed by atoms with Crippen LogP contribution in [0.25, 0.3) is 0 Å². The van der Waals surface area contributed by atoms with Crippen molar-refractivity contribution >= 4 is 5.95 Å². The molecule has 1 saturated heterocycles. The van der Waals surface area contributed by atoms with E-state index in [1.165, 1.54) is 30.3 Å². The lowest BCUT2D eigenvalue weighted by molar-refractivity contribution is 0.125. The Labute approximate surface area is 161 Å². The van der Waals surface area contributed by atoms with Crippen LogP contribution < -0.4 is 16.1 Å². The predicted molar refractivity (Wildman–Crippen MR) is 101 cm³/mol. The lowest BCUT2D eigenvalue weighted by atomic mass is 9.90. The SMILES string of the molecule is Cn1c(=O)cnn(C2CCC(N3CCN(c4ncc(F)cn4)CC3)CC2)c1=O. The van der Waals surface area contributed by atoms with Crippen molar-refractivity contribution in [3.8, 4) is 0 Å². The number of anilines is 1. The van der Waals surface area contributed by atoms with E-state index in [1.54, 1.807) is 0 Å². The minimum absolute atomic E-state index is 0.0458. The summed E-state index contributed by atoms with van der Waals surface area (Å²) in [6.45, 7) is 3.45. The molecule has 0 atom stereocenters. The second-order valence-electron chi connectivity index (χ2n) is 7.46. The molecule has 9 nitrogen and oxygen atoms in total. The zero-order chi connectivity index (χ0) is 19.7. The molecular weight excluding hydrogens is 365 g/mol. The summed E-state index contributed by atoms with van der Waals surface area (Å²) in [5, 5.41) is 4.06. The monoisotopic (exact) mass is 389 g/mol. The molecular formula is C18H24FN7O2. The van der Waals surface area contributed by atoms with Crippen LogP contribution in [0.4, 0.5) is 10.3 Å². The quantitative estimate of drug-likeness (QED) is 0.740. The first kappa shape index (κ1) is 18.7. The van der Waals surface area contributed by atoms with Gasteiger partial charge in [-0.3, -0.25) is 14.3 Å². The van der Waals surface area contributed by atoms with Crippen LogP contribution in [0, 0.1) is 5.82 Å². The number of halogens is 1. The third-order valence-electron chi connectivity index (χ3n) is 5.84. The molecule has 150 valence electrons. The van der Waals surface area contributed by atoms with Gasteiger partial charge in [-0.2, -0.15) is 5.10 Å². The molecule has 0 radical (unpaired) electrons. The van der Waals surface area contributed by atoms with Crippen LogP contribution in [-0.2, 0) is 7.05 Å². The molecule has 2 aliphatic rings. The van der Waals surface area contributed by atoms with Crippen LogP contribution in [0.3, 0.4) is 0 Å². The zero-order valence-corrected chi connectivity index (χ0v) is 15.9. The van der Waals surface area contributed by atoms with Gasteiger partial charge in [0.2, 0.25) is 5.95 Å². The van der Waals surface area contributed by atoms with Gasteiger partial charge >= 0.3 is 5.69 Å². The molecule has 28 heavy (non-hydrogen) atoms. The van der Waals surface area contributed by atoms with Crippen molar-refractivity contribution in [2.24, 2.45) is 7.05 Å². The van der Waals surface area contributed by atoms with Crippen molar-refractivity contribution in [3.63, 3.8) is 0 Å². The van der Waals surface area contributed by atoms with Crippen molar-refractivity contribution in [1.82, 2.24) is 29.2 Å². The van der Waals surface area contributed by atoms with Gasteiger partial charge in [-0.15, -0.1) is 0 Å². The van der Waals surface area contributed by atoms with Crippen molar-refractivity contribution in [2.75, 3.05) is 31.1 Å². The van der Waals surface area contributed by atoms with E-state index in [0.717, 1.165) is 56.4 Å². The first-order chi connectivity index (χ1) is 13.5. The van der Waals surface area contributed by atoms with Crippen LogP contribution in [-0.4, -0.2) is 61.4 Å². The lowest BCUT2D eigenvalue weighted by Gasteiger charge is -2.41. The summed E-state index contributed by atoms with van der Waals surface area (Å²) in [6.07, 6.45) is 7.35. The van der Waals surface area contributed by atoms with Crippen LogP contribution in [0.15, 0.2) is 28.2 Å². The van der Waals surface area contributed by atoms with E-state index in [2.05, 4.69) is 24.9 Å².